The molecule has 2 rings (SSSR count). The van der Waals surface area contributed by atoms with Gasteiger partial charge >= 0.3 is 5.97 Å². The molecule has 18 heavy (non-hydrogen) atoms. The smallest absolute Gasteiger partial charge is 0.327 e. The second-order valence-corrected chi connectivity index (χ2v) is 3.62. The highest BCUT2D eigenvalue weighted by atomic mass is 19.1. The normalized spacial score (nSPS) is 10.3. The lowest BCUT2D eigenvalue weighted by Crippen LogP contribution is -2.13. The minimum atomic E-state index is -0.381. The number of carbonyl (C=O) groups excluding carboxylic acids is 1. The van der Waals surface area contributed by atoms with Gasteiger partial charge in [0.1, 0.15) is 18.1 Å². The van der Waals surface area contributed by atoms with Crippen LogP contribution in [-0.2, 0) is 16.1 Å². The molecule has 0 bridgehead atoms. The van der Waals surface area contributed by atoms with Crippen LogP contribution in [-0.4, -0.2) is 27.6 Å². The second kappa shape index (κ2) is 5.39. The van der Waals surface area contributed by atoms with E-state index in [9.17, 15) is 9.18 Å². The highest BCUT2D eigenvalue weighted by Crippen LogP contribution is 2.16. The summed E-state index contributed by atoms with van der Waals surface area (Å²) >= 11 is 0. The van der Waals surface area contributed by atoms with E-state index in [1.807, 2.05) is 0 Å². The number of halogens is 1. The van der Waals surface area contributed by atoms with Crippen molar-refractivity contribution < 1.29 is 13.9 Å². The Balaban J connectivity index is 2.13. The Morgan fingerprint density at radius 1 is 1.50 bits per heavy atom. The lowest BCUT2D eigenvalue weighted by Gasteiger charge is -2.00. The number of nitrogens with zero attached hydrogens (tertiary/aromatic N) is 3. The van der Waals surface area contributed by atoms with Gasteiger partial charge < -0.3 is 4.74 Å². The molecule has 1 heterocycles. The Morgan fingerprint density at radius 2 is 2.33 bits per heavy atom. The lowest BCUT2D eigenvalue weighted by atomic mass is 10.2. The number of hydrogen-bond donors (Lipinski definition) is 0. The predicted octanol–water partition coefficient (Wildman–Crippen LogP) is 1.65. The largest absolute Gasteiger partial charge is 0.465 e. The van der Waals surface area contributed by atoms with E-state index >= 15 is 0 Å². The summed E-state index contributed by atoms with van der Waals surface area (Å²) in [5.41, 5.74) is 1.13. The third-order valence-corrected chi connectivity index (χ3v) is 2.26. The van der Waals surface area contributed by atoms with E-state index in [0.29, 0.717) is 17.9 Å². The average molecular weight is 249 g/mol. The summed E-state index contributed by atoms with van der Waals surface area (Å²) in [6, 6.07) is 6.03. The number of benzene rings is 1. The fourth-order valence-electron chi connectivity index (χ4n) is 1.49. The molecule has 0 radical (unpaired) electrons. The molecule has 94 valence electrons. The number of ether oxygens (including phenoxy) is 1. The Hall–Kier alpha value is -2.24. The Bertz CT molecular complexity index is 554. The summed E-state index contributed by atoms with van der Waals surface area (Å²) in [6.45, 7) is 2.05. The van der Waals surface area contributed by atoms with Crippen LogP contribution in [0, 0.1) is 5.82 Å². The average Bonchev–Trinajstić information content (AvgIpc) is 2.78. The molecule has 0 saturated heterocycles. The van der Waals surface area contributed by atoms with Crippen LogP contribution < -0.4 is 0 Å². The number of rotatable bonds is 4. The molecule has 0 N–H and O–H groups in total. The Morgan fingerprint density at radius 3 is 3.06 bits per heavy atom. The summed E-state index contributed by atoms with van der Waals surface area (Å²) in [7, 11) is 0. The van der Waals surface area contributed by atoms with Gasteiger partial charge in [-0.1, -0.05) is 17.3 Å². The maximum Gasteiger partial charge on any atom is 0.327 e. The maximum absolute atomic E-state index is 13.0. The number of esters is 1. The van der Waals surface area contributed by atoms with Crippen LogP contribution in [0.1, 0.15) is 6.92 Å². The van der Waals surface area contributed by atoms with Gasteiger partial charge in [0.2, 0.25) is 0 Å². The molecule has 0 unspecified atom stereocenters. The van der Waals surface area contributed by atoms with Crippen molar-refractivity contribution in [2.24, 2.45) is 0 Å². The molecule has 0 aliphatic carbocycles. The molecule has 2 aromatic rings. The van der Waals surface area contributed by atoms with Gasteiger partial charge in [-0.2, -0.15) is 0 Å². The zero-order valence-corrected chi connectivity index (χ0v) is 9.84. The topological polar surface area (TPSA) is 57.0 Å². The molecule has 1 aromatic heterocycles. The van der Waals surface area contributed by atoms with E-state index in [1.165, 1.54) is 16.8 Å². The molecule has 0 saturated carbocycles. The van der Waals surface area contributed by atoms with Crippen molar-refractivity contribution in [2.75, 3.05) is 6.61 Å². The van der Waals surface area contributed by atoms with E-state index in [-0.39, 0.29) is 18.3 Å². The van der Waals surface area contributed by atoms with Crippen molar-refractivity contribution in [3.63, 3.8) is 0 Å². The zero-order valence-electron chi connectivity index (χ0n) is 9.84. The van der Waals surface area contributed by atoms with Gasteiger partial charge in [-0.3, -0.25) is 4.79 Å². The molecule has 0 atom stereocenters. The molecule has 5 nitrogen and oxygen atoms in total. The van der Waals surface area contributed by atoms with Crippen LogP contribution in [0.4, 0.5) is 4.39 Å². The first-order chi connectivity index (χ1) is 8.69. The van der Waals surface area contributed by atoms with Gasteiger partial charge in [-0.25, -0.2) is 9.07 Å². The molecular formula is C12H12FN3O2. The van der Waals surface area contributed by atoms with Crippen molar-refractivity contribution in [3.8, 4) is 11.3 Å². The monoisotopic (exact) mass is 249 g/mol. The van der Waals surface area contributed by atoms with Crippen LogP contribution in [0.5, 0.6) is 0 Å². The minimum Gasteiger partial charge on any atom is -0.465 e. The highest BCUT2D eigenvalue weighted by Gasteiger charge is 2.08. The lowest BCUT2D eigenvalue weighted by molar-refractivity contribution is -0.144. The number of carbonyl (C=O) groups is 1. The van der Waals surface area contributed by atoms with Gasteiger partial charge in [0, 0.05) is 5.56 Å². The summed E-state index contributed by atoms with van der Waals surface area (Å²) in [6.07, 6.45) is 1.58. The summed E-state index contributed by atoms with van der Waals surface area (Å²) < 4.78 is 19.2. The quantitative estimate of drug-likeness (QED) is 0.773. The van der Waals surface area contributed by atoms with Crippen LogP contribution >= 0.6 is 0 Å². The Labute approximate surface area is 103 Å². The van der Waals surface area contributed by atoms with Crippen molar-refractivity contribution in [3.05, 3.63) is 36.3 Å². The number of hydrogen-bond acceptors (Lipinski definition) is 4. The van der Waals surface area contributed by atoms with E-state index < -0.39 is 0 Å². The van der Waals surface area contributed by atoms with Gasteiger partial charge in [0.15, 0.2) is 0 Å². The maximum atomic E-state index is 13.0. The predicted molar refractivity (Wildman–Crippen MR) is 62.0 cm³/mol. The van der Waals surface area contributed by atoms with Crippen LogP contribution in [0.2, 0.25) is 0 Å². The third kappa shape index (κ3) is 2.91. The fourth-order valence-corrected chi connectivity index (χ4v) is 1.49. The first kappa shape index (κ1) is 12.2. The summed E-state index contributed by atoms with van der Waals surface area (Å²) in [5, 5.41) is 7.67. The van der Waals surface area contributed by atoms with Crippen molar-refractivity contribution in [1.29, 1.82) is 0 Å². The van der Waals surface area contributed by atoms with Gasteiger partial charge in [-0.15, -0.1) is 5.10 Å². The van der Waals surface area contributed by atoms with Crippen molar-refractivity contribution >= 4 is 5.97 Å². The van der Waals surface area contributed by atoms with Crippen molar-refractivity contribution in [2.45, 2.75) is 13.5 Å². The first-order valence-electron chi connectivity index (χ1n) is 5.50. The molecule has 0 fully saturated rings. The third-order valence-electron chi connectivity index (χ3n) is 2.26. The van der Waals surface area contributed by atoms with Gasteiger partial charge in [0.25, 0.3) is 0 Å². The van der Waals surface area contributed by atoms with E-state index in [2.05, 4.69) is 10.3 Å². The standard InChI is InChI=1S/C12H12FN3O2/c1-2-18-12(17)8-16-7-11(14-15-16)9-4-3-5-10(13)6-9/h3-7H,2,8H2,1H3. The second-order valence-electron chi connectivity index (χ2n) is 3.62. The molecule has 0 spiro atoms. The SMILES string of the molecule is CCOC(=O)Cn1cc(-c2cccc(F)c2)nn1. The molecule has 1 aromatic carbocycles. The van der Waals surface area contributed by atoms with E-state index in [4.69, 9.17) is 4.74 Å². The van der Waals surface area contributed by atoms with Gasteiger partial charge in [0.05, 0.1) is 12.8 Å². The van der Waals surface area contributed by atoms with Crippen LogP contribution in [0.3, 0.4) is 0 Å². The molecule has 0 aliphatic heterocycles. The van der Waals surface area contributed by atoms with E-state index in [1.54, 1.807) is 25.3 Å². The molecule has 0 amide bonds. The fraction of sp³-hybridized carbons (Fsp3) is 0.250. The van der Waals surface area contributed by atoms with Crippen LogP contribution in [0.25, 0.3) is 11.3 Å². The molecular weight excluding hydrogens is 237 g/mol. The number of aromatic nitrogens is 3. The summed E-state index contributed by atoms with van der Waals surface area (Å²) in [4.78, 5) is 11.2. The summed E-state index contributed by atoms with van der Waals surface area (Å²) in [5.74, 6) is -0.722. The highest BCUT2D eigenvalue weighted by molar-refractivity contribution is 5.69. The van der Waals surface area contributed by atoms with Crippen molar-refractivity contribution in [1.82, 2.24) is 15.0 Å². The van der Waals surface area contributed by atoms with Crippen LogP contribution in [0.15, 0.2) is 30.5 Å². The first-order valence-corrected chi connectivity index (χ1v) is 5.50. The minimum absolute atomic E-state index is 0.00381. The molecule has 6 heteroatoms. The Kier molecular flexibility index (Phi) is 3.66. The van der Waals surface area contributed by atoms with E-state index in [0.717, 1.165) is 0 Å². The van der Waals surface area contributed by atoms with Gasteiger partial charge in [-0.05, 0) is 19.1 Å². The molecule has 0 aliphatic rings. The zero-order chi connectivity index (χ0) is 13.0.